The Labute approximate surface area is 97.9 Å². The highest BCUT2D eigenvalue weighted by Crippen LogP contribution is 2.14. The van der Waals surface area contributed by atoms with Crippen molar-refractivity contribution in [1.29, 1.82) is 0 Å². The van der Waals surface area contributed by atoms with Crippen LogP contribution in [0.4, 0.5) is 0 Å². The van der Waals surface area contributed by atoms with Gasteiger partial charge in [-0.2, -0.15) is 0 Å². The quantitative estimate of drug-likeness (QED) is 0.710. The van der Waals surface area contributed by atoms with Gasteiger partial charge in [-0.15, -0.1) is 0 Å². The van der Waals surface area contributed by atoms with Crippen LogP contribution in [0, 0.1) is 11.8 Å². The molecule has 0 aliphatic carbocycles. The van der Waals surface area contributed by atoms with Crippen molar-refractivity contribution in [1.82, 2.24) is 5.32 Å². The molecule has 94 valence electrons. The molecule has 1 unspecified atom stereocenters. The van der Waals surface area contributed by atoms with Gasteiger partial charge in [0.05, 0.1) is 12.6 Å². The number of ether oxygens (including phenoxy) is 1. The Morgan fingerprint density at radius 2 is 2.31 bits per heavy atom. The van der Waals surface area contributed by atoms with Crippen LogP contribution in [0.5, 0.6) is 0 Å². The molecule has 1 rings (SSSR count). The Bertz CT molecular complexity index is 213. The number of carbonyl (C=O) groups is 1. The topological polar surface area (TPSA) is 64.4 Å². The van der Waals surface area contributed by atoms with E-state index in [0.29, 0.717) is 31.4 Å². The Hall–Kier alpha value is -0.610. The van der Waals surface area contributed by atoms with Gasteiger partial charge in [0.15, 0.2) is 0 Å². The van der Waals surface area contributed by atoms with Crippen LogP contribution < -0.4 is 11.1 Å². The molecular formula is C12H24N2O2. The first-order chi connectivity index (χ1) is 7.61. The number of amides is 1. The smallest absolute Gasteiger partial charge is 0.220 e. The summed E-state index contributed by atoms with van der Waals surface area (Å²) in [6.45, 7) is 6.32. The van der Waals surface area contributed by atoms with Crippen LogP contribution in [-0.2, 0) is 9.53 Å². The molecule has 4 heteroatoms. The fraction of sp³-hybridized carbons (Fsp3) is 0.917. The predicted octanol–water partition coefficient (Wildman–Crippen LogP) is 0.903. The molecule has 0 aromatic rings. The average Bonchev–Trinajstić information content (AvgIpc) is 2.68. The summed E-state index contributed by atoms with van der Waals surface area (Å²) >= 11 is 0. The van der Waals surface area contributed by atoms with Crippen LogP contribution in [0.3, 0.4) is 0 Å². The lowest BCUT2D eigenvalue weighted by molar-refractivity contribution is -0.122. The van der Waals surface area contributed by atoms with Crippen LogP contribution in [0.2, 0.25) is 0 Å². The molecule has 1 saturated heterocycles. The van der Waals surface area contributed by atoms with E-state index in [9.17, 15) is 4.79 Å². The monoisotopic (exact) mass is 228 g/mol. The molecular weight excluding hydrogens is 204 g/mol. The number of hydrogen-bond donors (Lipinski definition) is 2. The maximum atomic E-state index is 11.7. The molecule has 3 N–H and O–H groups in total. The van der Waals surface area contributed by atoms with Crippen molar-refractivity contribution in [3.05, 3.63) is 0 Å². The van der Waals surface area contributed by atoms with E-state index in [0.717, 1.165) is 19.4 Å². The average molecular weight is 228 g/mol. The number of nitrogens with one attached hydrogen (secondary N) is 1. The molecule has 16 heavy (non-hydrogen) atoms. The Kier molecular flexibility index (Phi) is 5.77. The third kappa shape index (κ3) is 4.94. The molecule has 1 fully saturated rings. The van der Waals surface area contributed by atoms with Gasteiger partial charge >= 0.3 is 0 Å². The molecule has 0 radical (unpaired) electrons. The second-order valence-electron chi connectivity index (χ2n) is 5.06. The van der Waals surface area contributed by atoms with Crippen LogP contribution in [0.25, 0.3) is 0 Å². The summed E-state index contributed by atoms with van der Waals surface area (Å²) in [6.07, 6.45) is 2.50. The Balaban J connectivity index is 2.24. The van der Waals surface area contributed by atoms with Gasteiger partial charge in [0.25, 0.3) is 0 Å². The molecule has 0 bridgehead atoms. The molecule has 1 amide bonds. The molecule has 0 spiro atoms. The van der Waals surface area contributed by atoms with E-state index >= 15 is 0 Å². The number of hydrogen-bond acceptors (Lipinski definition) is 3. The Morgan fingerprint density at radius 1 is 1.56 bits per heavy atom. The summed E-state index contributed by atoms with van der Waals surface area (Å²) in [7, 11) is 0. The zero-order valence-electron chi connectivity index (χ0n) is 10.4. The highest BCUT2D eigenvalue weighted by molar-refractivity contribution is 5.76. The minimum Gasteiger partial charge on any atom is -0.379 e. The lowest BCUT2D eigenvalue weighted by Crippen LogP contribution is -2.37. The number of nitrogens with two attached hydrogens (primary N) is 1. The fourth-order valence-electron chi connectivity index (χ4n) is 2.13. The summed E-state index contributed by atoms with van der Waals surface area (Å²) in [5.41, 5.74) is 5.67. The number of carbonyl (C=O) groups excluding carboxylic acids is 1. The molecule has 1 heterocycles. The highest BCUT2D eigenvalue weighted by Gasteiger charge is 2.20. The largest absolute Gasteiger partial charge is 0.379 e. The molecule has 1 aliphatic heterocycles. The molecule has 0 aromatic heterocycles. The molecule has 0 saturated carbocycles. The maximum absolute atomic E-state index is 11.7. The zero-order valence-corrected chi connectivity index (χ0v) is 10.4. The van der Waals surface area contributed by atoms with Crippen molar-refractivity contribution in [3.63, 3.8) is 0 Å². The van der Waals surface area contributed by atoms with Gasteiger partial charge < -0.3 is 15.8 Å². The summed E-state index contributed by atoms with van der Waals surface area (Å²) in [4.78, 5) is 11.7. The van der Waals surface area contributed by atoms with Crippen molar-refractivity contribution >= 4 is 5.91 Å². The van der Waals surface area contributed by atoms with Gasteiger partial charge in [-0.25, -0.2) is 0 Å². The van der Waals surface area contributed by atoms with E-state index < -0.39 is 0 Å². The second-order valence-corrected chi connectivity index (χ2v) is 5.06. The normalized spacial score (nSPS) is 22.4. The van der Waals surface area contributed by atoms with Gasteiger partial charge in [-0.05, 0) is 31.2 Å². The van der Waals surface area contributed by atoms with Crippen LogP contribution in [0.15, 0.2) is 0 Å². The summed E-state index contributed by atoms with van der Waals surface area (Å²) in [5, 5.41) is 3.00. The standard InChI is InChI=1S/C12H24N2O2/c1-9(2)5-10(7-13)6-12(15)14-11-3-4-16-8-11/h9-11H,3-8,13H2,1-2H3,(H,14,15)/t10-,11?/m0/s1. The first-order valence-corrected chi connectivity index (χ1v) is 6.19. The van der Waals surface area contributed by atoms with E-state index in [2.05, 4.69) is 19.2 Å². The summed E-state index contributed by atoms with van der Waals surface area (Å²) in [6, 6.07) is 0.213. The molecule has 2 atom stereocenters. The van der Waals surface area contributed by atoms with Crippen molar-refractivity contribution in [2.75, 3.05) is 19.8 Å². The minimum atomic E-state index is 0.117. The maximum Gasteiger partial charge on any atom is 0.220 e. The van der Waals surface area contributed by atoms with E-state index in [1.807, 2.05) is 0 Å². The van der Waals surface area contributed by atoms with Crippen molar-refractivity contribution < 1.29 is 9.53 Å². The Morgan fingerprint density at radius 3 is 2.81 bits per heavy atom. The third-order valence-electron chi connectivity index (χ3n) is 2.91. The first kappa shape index (κ1) is 13.5. The molecule has 1 aliphatic rings. The lowest BCUT2D eigenvalue weighted by atomic mass is 9.94. The van der Waals surface area contributed by atoms with E-state index in [1.54, 1.807) is 0 Å². The van der Waals surface area contributed by atoms with Gasteiger partial charge in [-0.3, -0.25) is 4.79 Å². The van der Waals surface area contributed by atoms with Gasteiger partial charge in [0.2, 0.25) is 5.91 Å². The number of rotatable bonds is 6. The van der Waals surface area contributed by atoms with Crippen LogP contribution in [-0.4, -0.2) is 31.7 Å². The molecule has 4 nitrogen and oxygen atoms in total. The second kappa shape index (κ2) is 6.86. The van der Waals surface area contributed by atoms with Crippen molar-refractivity contribution in [3.8, 4) is 0 Å². The van der Waals surface area contributed by atoms with Crippen LogP contribution in [0.1, 0.15) is 33.1 Å². The summed E-state index contributed by atoms with van der Waals surface area (Å²) in [5.74, 6) is 1.02. The van der Waals surface area contributed by atoms with Crippen LogP contribution >= 0.6 is 0 Å². The first-order valence-electron chi connectivity index (χ1n) is 6.19. The lowest BCUT2D eigenvalue weighted by Gasteiger charge is -2.18. The minimum absolute atomic E-state index is 0.117. The SMILES string of the molecule is CC(C)C[C@H](CN)CC(=O)NC1CCOC1. The van der Waals surface area contributed by atoms with E-state index in [4.69, 9.17) is 10.5 Å². The van der Waals surface area contributed by atoms with E-state index in [1.165, 1.54) is 0 Å². The van der Waals surface area contributed by atoms with Gasteiger partial charge in [-0.1, -0.05) is 13.8 Å². The zero-order chi connectivity index (χ0) is 12.0. The fourth-order valence-corrected chi connectivity index (χ4v) is 2.13. The molecule has 0 aromatic carbocycles. The van der Waals surface area contributed by atoms with Gasteiger partial charge in [0.1, 0.15) is 0 Å². The van der Waals surface area contributed by atoms with Crippen molar-refractivity contribution in [2.45, 2.75) is 39.2 Å². The predicted molar refractivity (Wildman–Crippen MR) is 64.0 cm³/mol. The van der Waals surface area contributed by atoms with E-state index in [-0.39, 0.29) is 11.9 Å². The third-order valence-corrected chi connectivity index (χ3v) is 2.91. The van der Waals surface area contributed by atoms with Crippen molar-refractivity contribution in [2.24, 2.45) is 17.6 Å². The summed E-state index contributed by atoms with van der Waals surface area (Å²) < 4.78 is 5.21. The van der Waals surface area contributed by atoms with Gasteiger partial charge in [0, 0.05) is 13.0 Å². The highest BCUT2D eigenvalue weighted by atomic mass is 16.5.